The van der Waals surface area contributed by atoms with E-state index in [9.17, 15) is 14.7 Å². The molecule has 1 aliphatic heterocycles. The van der Waals surface area contributed by atoms with Crippen molar-refractivity contribution in [3.05, 3.63) is 58.6 Å². The van der Waals surface area contributed by atoms with Gasteiger partial charge in [0.05, 0.1) is 11.7 Å². The Kier molecular flexibility index (Phi) is 4.04. The highest BCUT2D eigenvalue weighted by Gasteiger charge is 2.24. The molecule has 23 heavy (non-hydrogen) atoms. The summed E-state index contributed by atoms with van der Waals surface area (Å²) in [7, 11) is 0. The fourth-order valence-electron chi connectivity index (χ4n) is 2.33. The second-order valence-corrected chi connectivity index (χ2v) is 5.34. The molecule has 1 N–H and O–H groups in total. The van der Waals surface area contributed by atoms with Gasteiger partial charge in [-0.15, -0.1) is 0 Å². The second kappa shape index (κ2) is 6.14. The molecule has 1 amide bonds. The monoisotopic (exact) mass is 328 g/mol. The first-order valence-corrected chi connectivity index (χ1v) is 7.17. The third kappa shape index (κ3) is 3.19. The topological polar surface area (TPSA) is 78.5 Å². The van der Waals surface area contributed by atoms with Crippen molar-refractivity contribution in [3.8, 4) is 5.75 Å². The predicted molar refractivity (Wildman–Crippen MR) is 84.9 cm³/mol. The third-order valence-electron chi connectivity index (χ3n) is 3.33. The molecule has 6 heteroatoms. The summed E-state index contributed by atoms with van der Waals surface area (Å²) >= 11 is 5.92. The van der Waals surface area contributed by atoms with Gasteiger partial charge in [-0.25, -0.2) is 0 Å². The number of para-hydroxylation sites is 1. The van der Waals surface area contributed by atoms with Gasteiger partial charge in [-0.1, -0.05) is 35.9 Å². The summed E-state index contributed by atoms with van der Waals surface area (Å²) in [4.78, 5) is 22.7. The molecule has 0 fully saturated rings. The summed E-state index contributed by atoms with van der Waals surface area (Å²) in [6.45, 7) is -0.557. The van der Waals surface area contributed by atoms with Crippen LogP contribution in [0.5, 0.6) is 5.75 Å². The maximum atomic E-state index is 12.2. The molecule has 0 radical (unpaired) electrons. The maximum absolute atomic E-state index is 12.2. The lowest BCUT2D eigenvalue weighted by Crippen LogP contribution is -2.29. The number of rotatable bonds is 4. The third-order valence-corrected chi connectivity index (χ3v) is 3.56. The van der Waals surface area contributed by atoms with Gasteiger partial charge in [0, 0.05) is 21.7 Å². The van der Waals surface area contributed by atoms with Crippen molar-refractivity contribution >= 4 is 40.8 Å². The van der Waals surface area contributed by atoms with Crippen LogP contribution in [0.4, 0.5) is 5.69 Å². The quantitative estimate of drug-likeness (QED) is 0.870. The minimum atomic E-state index is -1.31. The zero-order chi connectivity index (χ0) is 16.4. The molecule has 5 nitrogen and oxygen atoms in total. The number of anilines is 1. The van der Waals surface area contributed by atoms with Crippen LogP contribution in [0.25, 0.3) is 11.6 Å². The Morgan fingerprint density at radius 2 is 2.04 bits per heavy atom. The number of carboxylic acids is 1. The Hall–Kier alpha value is -2.79. The summed E-state index contributed by atoms with van der Waals surface area (Å²) < 4.78 is 5.19. The number of carboxylic acid groups (broad SMARTS) is 1. The number of fused-ring (bicyclic) bond motifs is 1. The molecule has 0 atom stereocenters. The molecule has 0 aromatic heterocycles. The molecular weight excluding hydrogens is 318 g/mol. The first kappa shape index (κ1) is 15.1. The van der Waals surface area contributed by atoms with Gasteiger partial charge in [-0.05, 0) is 24.3 Å². The average molecular weight is 329 g/mol. The van der Waals surface area contributed by atoms with Gasteiger partial charge < -0.3 is 20.0 Å². The lowest BCUT2D eigenvalue weighted by molar-refractivity contribution is -0.307. The number of carbonyl (C=O) groups excluding carboxylic acids is 2. The summed E-state index contributed by atoms with van der Waals surface area (Å²) in [5, 5.41) is 13.8. The van der Waals surface area contributed by atoms with Crippen LogP contribution in [0, 0.1) is 0 Å². The Morgan fingerprint density at radius 1 is 1.26 bits per heavy atom. The largest absolute Gasteiger partial charge is 0.546 e. The Balaban J connectivity index is 2.00. The number of aliphatic carboxylic acids is 1. The molecule has 0 unspecified atom stereocenters. The van der Waals surface area contributed by atoms with E-state index < -0.39 is 12.6 Å². The van der Waals surface area contributed by atoms with E-state index in [0.29, 0.717) is 27.6 Å². The van der Waals surface area contributed by atoms with Crippen molar-refractivity contribution in [2.24, 2.45) is 0 Å². The molecule has 0 aliphatic carbocycles. The van der Waals surface area contributed by atoms with Crippen molar-refractivity contribution in [3.63, 3.8) is 0 Å². The normalized spacial score (nSPS) is 14.5. The van der Waals surface area contributed by atoms with Crippen LogP contribution in [0.1, 0.15) is 11.1 Å². The van der Waals surface area contributed by atoms with E-state index >= 15 is 0 Å². The van der Waals surface area contributed by atoms with Crippen molar-refractivity contribution in [2.45, 2.75) is 0 Å². The molecule has 2 aromatic carbocycles. The van der Waals surface area contributed by atoms with Crippen LogP contribution >= 0.6 is 11.6 Å². The van der Waals surface area contributed by atoms with E-state index in [1.807, 2.05) is 0 Å². The lowest BCUT2D eigenvalue weighted by atomic mass is 10.0. The van der Waals surface area contributed by atoms with E-state index in [1.165, 1.54) is 0 Å². The molecule has 3 rings (SSSR count). The summed E-state index contributed by atoms with van der Waals surface area (Å²) in [6, 6.07) is 12.0. The fourth-order valence-corrected chi connectivity index (χ4v) is 2.51. The van der Waals surface area contributed by atoms with Gasteiger partial charge >= 0.3 is 0 Å². The summed E-state index contributed by atoms with van der Waals surface area (Å²) in [5.41, 5.74) is 2.43. The molecule has 2 aromatic rings. The van der Waals surface area contributed by atoms with Gasteiger partial charge in [0.15, 0.2) is 0 Å². The highest BCUT2D eigenvalue weighted by Crippen LogP contribution is 2.36. The fraction of sp³-hybridized carbons (Fsp3) is 0.0588. The zero-order valence-corrected chi connectivity index (χ0v) is 12.6. The average Bonchev–Trinajstić information content (AvgIpc) is 2.81. The zero-order valence-electron chi connectivity index (χ0n) is 11.8. The molecule has 1 heterocycles. The minimum absolute atomic E-state index is 0.253. The van der Waals surface area contributed by atoms with Gasteiger partial charge in [-0.2, -0.15) is 0 Å². The van der Waals surface area contributed by atoms with Crippen LogP contribution in [0.15, 0.2) is 42.5 Å². The van der Waals surface area contributed by atoms with Crippen molar-refractivity contribution < 1.29 is 19.4 Å². The SMILES string of the molecule is O=C([O-])COc1ccccc1/C=C1/C(=O)Nc2cc(Cl)ccc21. The molecule has 0 saturated heterocycles. The number of hydrogen-bond acceptors (Lipinski definition) is 4. The van der Waals surface area contributed by atoms with Gasteiger partial charge in [0.1, 0.15) is 12.4 Å². The van der Waals surface area contributed by atoms with Gasteiger partial charge in [0.25, 0.3) is 5.91 Å². The van der Waals surface area contributed by atoms with Crippen LogP contribution in [-0.2, 0) is 9.59 Å². The smallest absolute Gasteiger partial charge is 0.256 e. The molecule has 116 valence electrons. The van der Waals surface area contributed by atoms with E-state index in [1.54, 1.807) is 48.5 Å². The Labute approximate surface area is 137 Å². The van der Waals surface area contributed by atoms with E-state index in [-0.39, 0.29) is 5.91 Å². The Morgan fingerprint density at radius 3 is 2.83 bits per heavy atom. The van der Waals surface area contributed by atoms with E-state index in [4.69, 9.17) is 16.3 Å². The number of halogens is 1. The molecule has 1 aliphatic rings. The van der Waals surface area contributed by atoms with Gasteiger partial charge in [-0.3, -0.25) is 4.79 Å². The number of nitrogens with one attached hydrogen (secondary N) is 1. The van der Waals surface area contributed by atoms with Crippen LogP contribution in [-0.4, -0.2) is 18.5 Å². The van der Waals surface area contributed by atoms with Crippen molar-refractivity contribution in [1.29, 1.82) is 0 Å². The van der Waals surface area contributed by atoms with Crippen LogP contribution in [0.3, 0.4) is 0 Å². The first-order valence-electron chi connectivity index (χ1n) is 6.79. The first-order chi connectivity index (χ1) is 11.0. The molecular formula is C17H11ClNO4-. The maximum Gasteiger partial charge on any atom is 0.256 e. The molecule has 0 spiro atoms. The highest BCUT2D eigenvalue weighted by molar-refractivity contribution is 6.36. The molecule has 0 saturated carbocycles. The van der Waals surface area contributed by atoms with Crippen molar-refractivity contribution in [1.82, 2.24) is 0 Å². The number of carbonyl (C=O) groups is 2. The molecule has 0 bridgehead atoms. The summed E-state index contributed by atoms with van der Waals surface area (Å²) in [6.07, 6.45) is 1.65. The highest BCUT2D eigenvalue weighted by atomic mass is 35.5. The second-order valence-electron chi connectivity index (χ2n) is 4.90. The number of benzene rings is 2. The van der Waals surface area contributed by atoms with Crippen LogP contribution < -0.4 is 15.2 Å². The van der Waals surface area contributed by atoms with Crippen LogP contribution in [0.2, 0.25) is 5.02 Å². The standard InChI is InChI=1S/C17H12ClNO4/c18-11-5-6-12-13(17(22)19-14(12)8-11)7-10-3-1-2-4-15(10)23-9-16(20)21/h1-8H,9H2,(H,19,22)(H,20,21)/p-1/b13-7+. The Bertz CT molecular complexity index is 829. The van der Waals surface area contributed by atoms with E-state index in [0.717, 1.165) is 5.56 Å². The van der Waals surface area contributed by atoms with Crippen molar-refractivity contribution in [2.75, 3.05) is 11.9 Å². The lowest BCUT2D eigenvalue weighted by Gasteiger charge is -2.10. The number of hydrogen-bond donors (Lipinski definition) is 1. The number of ether oxygens (including phenoxy) is 1. The number of amides is 1. The van der Waals surface area contributed by atoms with Gasteiger partial charge in [0.2, 0.25) is 0 Å². The minimum Gasteiger partial charge on any atom is -0.546 e. The van der Waals surface area contributed by atoms with E-state index in [2.05, 4.69) is 5.32 Å². The predicted octanol–water partition coefficient (Wildman–Crippen LogP) is 1.96. The summed E-state index contributed by atoms with van der Waals surface area (Å²) in [5.74, 6) is -1.21.